The van der Waals surface area contributed by atoms with E-state index in [-0.39, 0.29) is 11.9 Å². The van der Waals surface area contributed by atoms with Crippen LogP contribution >= 0.6 is 0 Å². The van der Waals surface area contributed by atoms with Crippen molar-refractivity contribution in [1.29, 1.82) is 0 Å². The van der Waals surface area contributed by atoms with E-state index in [4.69, 9.17) is 0 Å². The van der Waals surface area contributed by atoms with E-state index in [0.29, 0.717) is 0 Å². The number of carbonyl (C=O) groups is 1. The van der Waals surface area contributed by atoms with Gasteiger partial charge in [0.25, 0.3) is 0 Å². The highest BCUT2D eigenvalue weighted by molar-refractivity contribution is 5.81. The lowest BCUT2D eigenvalue weighted by atomic mass is 10.1. The maximum atomic E-state index is 11.3. The standard InChI is InChI=1S/C8H16N2O/c1-10(2)7-5-3-4-6-9-8(7)11/h7H,3-6H2,1-2H3,(H,9,11)/t7-/m1/s1. The summed E-state index contributed by atoms with van der Waals surface area (Å²) < 4.78 is 0. The molecule has 0 aromatic heterocycles. The van der Waals surface area contributed by atoms with Crippen LogP contribution in [0.3, 0.4) is 0 Å². The maximum Gasteiger partial charge on any atom is 0.237 e. The van der Waals surface area contributed by atoms with Crippen molar-refractivity contribution in [2.45, 2.75) is 25.3 Å². The molecular formula is C8H16N2O. The first-order chi connectivity index (χ1) is 5.22. The molecule has 0 aromatic rings. The summed E-state index contributed by atoms with van der Waals surface area (Å²) in [5.74, 6) is 0.188. The topological polar surface area (TPSA) is 32.3 Å². The number of nitrogens with one attached hydrogen (secondary N) is 1. The van der Waals surface area contributed by atoms with E-state index in [2.05, 4.69) is 5.32 Å². The SMILES string of the molecule is CN(C)[C@@H]1CCCCNC1=O. The fourth-order valence-electron chi connectivity index (χ4n) is 1.42. The van der Waals surface area contributed by atoms with Crippen molar-refractivity contribution in [1.82, 2.24) is 10.2 Å². The highest BCUT2D eigenvalue weighted by atomic mass is 16.2. The van der Waals surface area contributed by atoms with Crippen LogP contribution in [-0.4, -0.2) is 37.5 Å². The molecule has 1 heterocycles. The van der Waals surface area contributed by atoms with Crippen molar-refractivity contribution in [3.8, 4) is 0 Å². The van der Waals surface area contributed by atoms with Gasteiger partial charge in [0.2, 0.25) is 5.91 Å². The van der Waals surface area contributed by atoms with E-state index in [1.165, 1.54) is 0 Å². The highest BCUT2D eigenvalue weighted by Gasteiger charge is 2.21. The molecule has 1 amide bonds. The van der Waals surface area contributed by atoms with Gasteiger partial charge in [0, 0.05) is 6.54 Å². The Balaban J connectivity index is 2.52. The summed E-state index contributed by atoms with van der Waals surface area (Å²) in [6.07, 6.45) is 3.27. The van der Waals surface area contributed by atoms with Crippen LogP contribution in [0.25, 0.3) is 0 Å². The molecule has 1 atom stereocenters. The van der Waals surface area contributed by atoms with Crippen LogP contribution in [0.5, 0.6) is 0 Å². The zero-order chi connectivity index (χ0) is 8.27. The largest absolute Gasteiger partial charge is 0.355 e. The Morgan fingerprint density at radius 1 is 1.45 bits per heavy atom. The first-order valence-electron chi connectivity index (χ1n) is 4.16. The molecule has 0 spiro atoms. The number of nitrogens with zero attached hydrogens (tertiary/aromatic N) is 1. The molecule has 0 unspecified atom stereocenters. The minimum Gasteiger partial charge on any atom is -0.355 e. The Labute approximate surface area is 67.8 Å². The Bertz CT molecular complexity index is 145. The van der Waals surface area contributed by atoms with E-state index < -0.39 is 0 Å². The molecule has 0 saturated carbocycles. The minimum atomic E-state index is 0.0949. The average Bonchev–Trinajstić information content (AvgIpc) is 2.13. The number of carbonyl (C=O) groups excluding carboxylic acids is 1. The summed E-state index contributed by atoms with van der Waals surface area (Å²) in [5.41, 5.74) is 0. The fourth-order valence-corrected chi connectivity index (χ4v) is 1.42. The third kappa shape index (κ3) is 2.19. The van der Waals surface area contributed by atoms with E-state index in [9.17, 15) is 4.79 Å². The van der Waals surface area contributed by atoms with Gasteiger partial charge in [-0.25, -0.2) is 0 Å². The molecule has 1 rings (SSSR count). The van der Waals surface area contributed by atoms with Crippen LogP contribution < -0.4 is 5.32 Å². The van der Waals surface area contributed by atoms with Crippen molar-refractivity contribution < 1.29 is 4.79 Å². The Morgan fingerprint density at radius 2 is 2.18 bits per heavy atom. The van der Waals surface area contributed by atoms with Crippen molar-refractivity contribution in [3.05, 3.63) is 0 Å². The molecule has 0 bridgehead atoms. The number of hydrogen-bond acceptors (Lipinski definition) is 2. The van der Waals surface area contributed by atoms with Crippen LogP contribution in [-0.2, 0) is 4.79 Å². The van der Waals surface area contributed by atoms with Crippen molar-refractivity contribution >= 4 is 5.91 Å². The maximum absolute atomic E-state index is 11.3. The predicted molar refractivity (Wildman–Crippen MR) is 44.3 cm³/mol. The second-order valence-corrected chi connectivity index (χ2v) is 3.27. The van der Waals surface area contributed by atoms with Crippen LogP contribution in [0, 0.1) is 0 Å². The number of hydrogen-bond donors (Lipinski definition) is 1. The summed E-state index contributed by atoms with van der Waals surface area (Å²) in [5, 5.41) is 2.90. The zero-order valence-corrected chi connectivity index (χ0v) is 7.26. The van der Waals surface area contributed by atoms with E-state index in [1.54, 1.807) is 0 Å². The summed E-state index contributed by atoms with van der Waals surface area (Å²) >= 11 is 0. The zero-order valence-electron chi connectivity index (χ0n) is 7.26. The highest BCUT2D eigenvalue weighted by Crippen LogP contribution is 2.08. The number of amides is 1. The third-order valence-electron chi connectivity index (χ3n) is 2.13. The van der Waals surface area contributed by atoms with E-state index in [1.807, 2.05) is 19.0 Å². The van der Waals surface area contributed by atoms with Gasteiger partial charge in [-0.05, 0) is 33.4 Å². The molecule has 3 heteroatoms. The summed E-state index contributed by atoms with van der Waals surface area (Å²) in [6.45, 7) is 0.850. The summed E-state index contributed by atoms with van der Waals surface area (Å²) in [6, 6.07) is 0.0949. The molecule has 1 fully saturated rings. The van der Waals surface area contributed by atoms with Crippen LogP contribution in [0.4, 0.5) is 0 Å². The van der Waals surface area contributed by atoms with Gasteiger partial charge in [-0.3, -0.25) is 9.69 Å². The van der Waals surface area contributed by atoms with Gasteiger partial charge in [-0.15, -0.1) is 0 Å². The molecule has 64 valence electrons. The second-order valence-electron chi connectivity index (χ2n) is 3.27. The van der Waals surface area contributed by atoms with E-state index >= 15 is 0 Å². The van der Waals surface area contributed by atoms with Crippen molar-refractivity contribution in [2.24, 2.45) is 0 Å². The first kappa shape index (κ1) is 8.53. The predicted octanol–water partition coefficient (Wildman–Crippen LogP) is 0.217. The van der Waals surface area contributed by atoms with Gasteiger partial charge in [0.15, 0.2) is 0 Å². The average molecular weight is 156 g/mol. The second kappa shape index (κ2) is 3.72. The molecule has 3 nitrogen and oxygen atoms in total. The van der Waals surface area contributed by atoms with Gasteiger partial charge in [0.05, 0.1) is 6.04 Å². The van der Waals surface area contributed by atoms with Gasteiger partial charge in [0.1, 0.15) is 0 Å². The Morgan fingerprint density at radius 3 is 2.82 bits per heavy atom. The quantitative estimate of drug-likeness (QED) is 0.589. The van der Waals surface area contributed by atoms with Crippen LogP contribution in [0.15, 0.2) is 0 Å². The third-order valence-corrected chi connectivity index (χ3v) is 2.13. The first-order valence-corrected chi connectivity index (χ1v) is 4.16. The molecule has 1 N–H and O–H groups in total. The van der Waals surface area contributed by atoms with Crippen LogP contribution in [0.1, 0.15) is 19.3 Å². The van der Waals surface area contributed by atoms with Crippen molar-refractivity contribution in [2.75, 3.05) is 20.6 Å². The minimum absolute atomic E-state index is 0.0949. The Kier molecular flexibility index (Phi) is 2.88. The smallest absolute Gasteiger partial charge is 0.237 e. The number of rotatable bonds is 1. The molecule has 0 aliphatic carbocycles. The molecule has 0 radical (unpaired) electrons. The summed E-state index contributed by atoms with van der Waals surface area (Å²) in [7, 11) is 3.91. The normalized spacial score (nSPS) is 26.5. The van der Waals surface area contributed by atoms with Gasteiger partial charge in [-0.1, -0.05) is 0 Å². The lowest BCUT2D eigenvalue weighted by Gasteiger charge is -2.20. The molecular weight excluding hydrogens is 140 g/mol. The fraction of sp³-hybridized carbons (Fsp3) is 0.875. The molecule has 1 saturated heterocycles. The van der Waals surface area contributed by atoms with E-state index in [0.717, 1.165) is 25.8 Å². The molecule has 11 heavy (non-hydrogen) atoms. The van der Waals surface area contributed by atoms with Crippen LogP contribution in [0.2, 0.25) is 0 Å². The Hall–Kier alpha value is -0.570. The van der Waals surface area contributed by atoms with Gasteiger partial charge >= 0.3 is 0 Å². The van der Waals surface area contributed by atoms with Gasteiger partial charge < -0.3 is 5.32 Å². The van der Waals surface area contributed by atoms with Crippen molar-refractivity contribution in [3.63, 3.8) is 0 Å². The summed E-state index contributed by atoms with van der Waals surface area (Å²) in [4.78, 5) is 13.3. The molecule has 1 aliphatic heterocycles. The molecule has 0 aromatic carbocycles. The lowest BCUT2D eigenvalue weighted by molar-refractivity contribution is -0.125. The lowest BCUT2D eigenvalue weighted by Crippen LogP contribution is -2.41. The van der Waals surface area contributed by atoms with Gasteiger partial charge in [-0.2, -0.15) is 0 Å². The molecule has 1 aliphatic rings. The monoisotopic (exact) mass is 156 g/mol. The number of likely N-dealkylation sites (N-methyl/N-ethyl adjacent to an activating group) is 1.